The quantitative estimate of drug-likeness (QED) is 0.554. The SMILES string of the molecule is Cn1c(-c2cccc(F)c2)cc2c(Nc3ccc4c(c3)OCCO4)nccc21. The molecule has 3 heterocycles. The third kappa shape index (κ3) is 2.83. The van der Waals surface area contributed by atoms with Gasteiger partial charge in [-0.05, 0) is 36.4 Å². The molecule has 0 aliphatic carbocycles. The van der Waals surface area contributed by atoms with Gasteiger partial charge < -0.3 is 19.4 Å². The largest absolute Gasteiger partial charge is 0.486 e. The van der Waals surface area contributed by atoms with Crippen LogP contribution >= 0.6 is 0 Å². The molecule has 4 aromatic rings. The first-order valence-electron chi connectivity index (χ1n) is 9.06. The lowest BCUT2D eigenvalue weighted by atomic mass is 10.1. The van der Waals surface area contributed by atoms with Crippen molar-refractivity contribution in [2.24, 2.45) is 7.05 Å². The van der Waals surface area contributed by atoms with Gasteiger partial charge in [-0.25, -0.2) is 9.37 Å². The van der Waals surface area contributed by atoms with Gasteiger partial charge in [0.15, 0.2) is 11.5 Å². The van der Waals surface area contributed by atoms with Crippen LogP contribution in [0.2, 0.25) is 0 Å². The molecule has 0 atom stereocenters. The highest BCUT2D eigenvalue weighted by Crippen LogP contribution is 2.36. The molecular weight excluding hydrogens is 357 g/mol. The van der Waals surface area contributed by atoms with Gasteiger partial charge in [-0.3, -0.25) is 0 Å². The molecule has 0 fully saturated rings. The van der Waals surface area contributed by atoms with Gasteiger partial charge in [0.25, 0.3) is 0 Å². The van der Waals surface area contributed by atoms with Crippen molar-refractivity contribution in [2.45, 2.75) is 0 Å². The van der Waals surface area contributed by atoms with Crippen LogP contribution in [0.4, 0.5) is 15.9 Å². The predicted molar refractivity (Wildman–Crippen MR) is 107 cm³/mol. The molecule has 2 aromatic heterocycles. The Hall–Kier alpha value is -3.54. The van der Waals surface area contributed by atoms with Crippen LogP contribution in [-0.4, -0.2) is 22.8 Å². The summed E-state index contributed by atoms with van der Waals surface area (Å²) in [7, 11) is 1.97. The fourth-order valence-corrected chi connectivity index (χ4v) is 3.54. The van der Waals surface area contributed by atoms with E-state index in [2.05, 4.69) is 10.3 Å². The number of hydrogen-bond donors (Lipinski definition) is 1. The van der Waals surface area contributed by atoms with E-state index < -0.39 is 0 Å². The van der Waals surface area contributed by atoms with E-state index in [4.69, 9.17) is 9.47 Å². The van der Waals surface area contributed by atoms with Crippen molar-refractivity contribution in [2.75, 3.05) is 18.5 Å². The lowest BCUT2D eigenvalue weighted by Gasteiger charge is -2.19. The molecule has 6 heteroatoms. The maximum Gasteiger partial charge on any atom is 0.163 e. The van der Waals surface area contributed by atoms with Crippen LogP contribution in [0.25, 0.3) is 22.2 Å². The van der Waals surface area contributed by atoms with Gasteiger partial charge in [0, 0.05) is 41.6 Å². The highest BCUT2D eigenvalue weighted by molar-refractivity contribution is 5.96. The summed E-state index contributed by atoms with van der Waals surface area (Å²) in [5, 5.41) is 4.32. The molecule has 28 heavy (non-hydrogen) atoms. The smallest absolute Gasteiger partial charge is 0.163 e. The molecule has 5 rings (SSSR count). The maximum atomic E-state index is 13.7. The average molecular weight is 375 g/mol. The fourth-order valence-electron chi connectivity index (χ4n) is 3.54. The van der Waals surface area contributed by atoms with E-state index in [1.807, 2.05) is 48.0 Å². The second kappa shape index (κ2) is 6.56. The molecule has 2 aromatic carbocycles. The highest BCUT2D eigenvalue weighted by atomic mass is 19.1. The number of hydrogen-bond acceptors (Lipinski definition) is 4. The Bertz CT molecular complexity index is 1190. The van der Waals surface area contributed by atoms with Crippen LogP contribution in [0.15, 0.2) is 60.8 Å². The summed E-state index contributed by atoms with van der Waals surface area (Å²) < 4.78 is 27.0. The Balaban J connectivity index is 1.56. The van der Waals surface area contributed by atoms with Crippen molar-refractivity contribution in [1.82, 2.24) is 9.55 Å². The van der Waals surface area contributed by atoms with E-state index in [0.29, 0.717) is 13.2 Å². The Labute approximate surface area is 161 Å². The van der Waals surface area contributed by atoms with Gasteiger partial charge in [-0.2, -0.15) is 0 Å². The third-order valence-electron chi connectivity index (χ3n) is 4.90. The summed E-state index contributed by atoms with van der Waals surface area (Å²) in [5.74, 6) is 1.94. The second-order valence-corrected chi connectivity index (χ2v) is 6.67. The molecule has 0 spiro atoms. The minimum absolute atomic E-state index is 0.254. The van der Waals surface area contributed by atoms with Crippen LogP contribution in [0.5, 0.6) is 11.5 Å². The number of anilines is 2. The molecule has 0 amide bonds. The van der Waals surface area contributed by atoms with Gasteiger partial charge in [0.2, 0.25) is 0 Å². The minimum Gasteiger partial charge on any atom is -0.486 e. The van der Waals surface area contributed by atoms with E-state index in [9.17, 15) is 4.39 Å². The van der Waals surface area contributed by atoms with Gasteiger partial charge in [0.1, 0.15) is 24.8 Å². The molecule has 0 saturated heterocycles. The summed E-state index contributed by atoms with van der Waals surface area (Å²) in [6, 6.07) is 16.3. The van der Waals surface area contributed by atoms with Crippen molar-refractivity contribution in [3.8, 4) is 22.8 Å². The average Bonchev–Trinajstić information content (AvgIpc) is 3.06. The van der Waals surface area contributed by atoms with E-state index >= 15 is 0 Å². The zero-order valence-corrected chi connectivity index (χ0v) is 15.3. The molecular formula is C22H18FN3O2. The van der Waals surface area contributed by atoms with Gasteiger partial charge in [-0.15, -0.1) is 0 Å². The highest BCUT2D eigenvalue weighted by Gasteiger charge is 2.15. The Morgan fingerprint density at radius 2 is 1.86 bits per heavy atom. The number of pyridine rings is 1. The van der Waals surface area contributed by atoms with Crippen LogP contribution in [0.3, 0.4) is 0 Å². The van der Waals surface area contributed by atoms with Crippen LogP contribution in [-0.2, 0) is 7.05 Å². The third-order valence-corrected chi connectivity index (χ3v) is 4.90. The standard InChI is InChI=1S/C22H18FN3O2/c1-26-18-7-8-24-22(17(18)13-19(26)14-3-2-4-15(23)11-14)25-16-5-6-20-21(12-16)28-10-9-27-20/h2-8,11-13H,9-10H2,1H3,(H,24,25). The number of nitrogens with zero attached hydrogens (tertiary/aromatic N) is 2. The second-order valence-electron chi connectivity index (χ2n) is 6.67. The molecule has 1 aliphatic heterocycles. The monoisotopic (exact) mass is 375 g/mol. The molecule has 0 bridgehead atoms. The van der Waals surface area contributed by atoms with Crippen LogP contribution in [0.1, 0.15) is 0 Å². The van der Waals surface area contributed by atoms with Crippen molar-refractivity contribution in [3.63, 3.8) is 0 Å². The number of nitrogens with one attached hydrogen (secondary N) is 1. The normalized spacial score (nSPS) is 12.9. The van der Waals surface area contributed by atoms with Gasteiger partial charge in [-0.1, -0.05) is 12.1 Å². The summed E-state index contributed by atoms with van der Waals surface area (Å²) >= 11 is 0. The summed E-state index contributed by atoms with van der Waals surface area (Å²) in [4.78, 5) is 4.51. The summed E-state index contributed by atoms with van der Waals surface area (Å²) in [6.45, 7) is 1.10. The maximum absolute atomic E-state index is 13.7. The summed E-state index contributed by atoms with van der Waals surface area (Å²) in [6.07, 6.45) is 1.76. The molecule has 1 aliphatic rings. The fraction of sp³-hybridized carbons (Fsp3) is 0.136. The lowest BCUT2D eigenvalue weighted by Crippen LogP contribution is -2.15. The van der Waals surface area contributed by atoms with Crippen molar-refractivity contribution in [3.05, 3.63) is 66.6 Å². The first-order chi connectivity index (χ1) is 13.7. The van der Waals surface area contributed by atoms with Gasteiger partial charge in [0.05, 0.1) is 5.52 Å². The van der Waals surface area contributed by atoms with Crippen molar-refractivity contribution >= 4 is 22.4 Å². The summed E-state index contributed by atoms with van der Waals surface area (Å²) in [5.41, 5.74) is 3.62. The van der Waals surface area contributed by atoms with E-state index in [1.165, 1.54) is 12.1 Å². The van der Waals surface area contributed by atoms with Crippen LogP contribution < -0.4 is 14.8 Å². The number of benzene rings is 2. The van der Waals surface area contributed by atoms with Gasteiger partial charge >= 0.3 is 0 Å². The first-order valence-corrected chi connectivity index (χ1v) is 9.06. The first kappa shape index (κ1) is 16.6. The van der Waals surface area contributed by atoms with Crippen molar-refractivity contribution < 1.29 is 13.9 Å². The molecule has 0 radical (unpaired) electrons. The number of aryl methyl sites for hydroxylation is 1. The zero-order chi connectivity index (χ0) is 19.1. The number of aromatic nitrogens is 2. The van der Waals surface area contributed by atoms with E-state index in [-0.39, 0.29) is 5.82 Å². The van der Waals surface area contributed by atoms with Crippen molar-refractivity contribution in [1.29, 1.82) is 0 Å². The minimum atomic E-state index is -0.254. The molecule has 0 saturated carbocycles. The molecule has 0 unspecified atom stereocenters. The topological polar surface area (TPSA) is 48.3 Å². The zero-order valence-electron chi connectivity index (χ0n) is 15.3. The Kier molecular flexibility index (Phi) is 3.90. The molecule has 140 valence electrons. The predicted octanol–water partition coefficient (Wildman–Crippen LogP) is 4.89. The number of fused-ring (bicyclic) bond motifs is 2. The number of rotatable bonds is 3. The number of ether oxygens (including phenoxy) is 2. The lowest BCUT2D eigenvalue weighted by molar-refractivity contribution is 0.171. The van der Waals surface area contributed by atoms with E-state index in [1.54, 1.807) is 12.3 Å². The Morgan fingerprint density at radius 1 is 1.00 bits per heavy atom. The molecule has 5 nitrogen and oxygen atoms in total. The Morgan fingerprint density at radius 3 is 2.71 bits per heavy atom. The molecule has 1 N–H and O–H groups in total. The van der Waals surface area contributed by atoms with E-state index in [0.717, 1.165) is 45.2 Å². The number of halogens is 1. The van der Waals surface area contributed by atoms with Crippen LogP contribution in [0, 0.1) is 5.82 Å².